The quantitative estimate of drug-likeness (QED) is 0.418. The van der Waals surface area contributed by atoms with Crippen molar-refractivity contribution in [1.29, 1.82) is 0 Å². The summed E-state index contributed by atoms with van der Waals surface area (Å²) < 4.78 is 0. The van der Waals surface area contributed by atoms with Crippen LogP contribution in [0, 0.1) is 16.0 Å². The number of non-ortho nitro benzene ring substituents is 1. The van der Waals surface area contributed by atoms with Gasteiger partial charge in [0.15, 0.2) is 0 Å². The van der Waals surface area contributed by atoms with Crippen molar-refractivity contribution in [2.24, 2.45) is 5.92 Å². The van der Waals surface area contributed by atoms with Gasteiger partial charge in [-0.25, -0.2) is 0 Å². The zero-order chi connectivity index (χ0) is 22.8. The lowest BCUT2D eigenvalue weighted by atomic mass is 10.1. The molecule has 0 heterocycles. The molecule has 166 valence electrons. The third kappa shape index (κ3) is 8.05. The van der Waals surface area contributed by atoms with Gasteiger partial charge in [0.05, 0.1) is 10.7 Å². The van der Waals surface area contributed by atoms with Crippen LogP contribution in [0.3, 0.4) is 0 Å². The number of nitrogens with zero attached hydrogens (tertiary/aromatic N) is 2. The molecule has 0 saturated carbocycles. The van der Waals surface area contributed by atoms with Gasteiger partial charge in [-0.3, -0.25) is 19.7 Å². The van der Waals surface area contributed by atoms with E-state index < -0.39 is 11.0 Å². The fraction of sp³-hybridized carbons (Fsp3) is 0.391. The van der Waals surface area contributed by atoms with Crippen LogP contribution in [0.5, 0.6) is 0 Å². The first kappa shape index (κ1) is 24.4. The van der Waals surface area contributed by atoms with Crippen molar-refractivity contribution in [3.8, 4) is 0 Å². The first-order valence-electron chi connectivity index (χ1n) is 10.2. The highest BCUT2D eigenvalue weighted by Crippen LogP contribution is 2.18. The maximum atomic E-state index is 13.0. The Morgan fingerprint density at radius 2 is 1.68 bits per heavy atom. The summed E-state index contributed by atoms with van der Waals surface area (Å²) in [5.74, 6) is 0.802. The molecule has 2 aromatic rings. The molecular weight excluding hydrogens is 414 g/mol. The van der Waals surface area contributed by atoms with Gasteiger partial charge in [0.25, 0.3) is 5.69 Å². The van der Waals surface area contributed by atoms with Crippen LogP contribution in [0.15, 0.2) is 54.6 Å². The zero-order valence-corrected chi connectivity index (χ0v) is 18.9. The second-order valence-corrected chi connectivity index (χ2v) is 8.72. The minimum absolute atomic E-state index is 0.0418. The Labute approximate surface area is 187 Å². The second-order valence-electron chi connectivity index (χ2n) is 7.74. The smallest absolute Gasteiger partial charge is 0.269 e. The molecule has 2 aromatic carbocycles. The first-order chi connectivity index (χ1) is 14.8. The topological polar surface area (TPSA) is 92.6 Å². The summed E-state index contributed by atoms with van der Waals surface area (Å²) in [6.45, 7) is 6.70. The first-order valence-corrected chi connectivity index (χ1v) is 11.4. The number of thioether (sulfide) groups is 1. The van der Waals surface area contributed by atoms with E-state index in [9.17, 15) is 19.7 Å². The summed E-state index contributed by atoms with van der Waals surface area (Å²) in [5.41, 5.74) is 1.90. The van der Waals surface area contributed by atoms with Crippen LogP contribution in [0.1, 0.15) is 31.9 Å². The Bertz CT molecular complexity index is 872. The summed E-state index contributed by atoms with van der Waals surface area (Å²) in [5, 5.41) is 13.7. The van der Waals surface area contributed by atoms with Crippen molar-refractivity contribution in [1.82, 2.24) is 10.2 Å². The monoisotopic (exact) mass is 443 g/mol. The van der Waals surface area contributed by atoms with Crippen molar-refractivity contribution in [2.45, 2.75) is 39.1 Å². The van der Waals surface area contributed by atoms with Crippen molar-refractivity contribution < 1.29 is 14.5 Å². The fourth-order valence-corrected chi connectivity index (χ4v) is 3.74. The lowest BCUT2D eigenvalue weighted by Crippen LogP contribution is -2.48. The molecule has 2 rings (SSSR count). The van der Waals surface area contributed by atoms with Gasteiger partial charge in [-0.15, -0.1) is 11.8 Å². The molecule has 0 aliphatic rings. The normalized spacial score (nSPS) is 11.7. The summed E-state index contributed by atoms with van der Waals surface area (Å²) in [4.78, 5) is 37.5. The van der Waals surface area contributed by atoms with E-state index in [2.05, 4.69) is 5.32 Å². The van der Waals surface area contributed by atoms with Crippen LogP contribution in [0.2, 0.25) is 0 Å². The Morgan fingerprint density at radius 3 is 2.26 bits per heavy atom. The molecule has 1 unspecified atom stereocenters. The molecule has 1 N–H and O–H groups in total. The lowest BCUT2D eigenvalue weighted by Gasteiger charge is -2.29. The van der Waals surface area contributed by atoms with E-state index in [4.69, 9.17) is 0 Å². The Hall–Kier alpha value is -2.87. The van der Waals surface area contributed by atoms with Crippen molar-refractivity contribution in [3.63, 3.8) is 0 Å². The van der Waals surface area contributed by atoms with E-state index in [0.717, 1.165) is 11.1 Å². The summed E-state index contributed by atoms with van der Waals surface area (Å²) >= 11 is 1.42. The minimum Gasteiger partial charge on any atom is -0.354 e. The lowest BCUT2D eigenvalue weighted by molar-refractivity contribution is -0.384. The molecule has 0 fully saturated rings. The number of carbonyl (C=O) groups is 2. The summed E-state index contributed by atoms with van der Waals surface area (Å²) in [6.07, 6.45) is 0. The predicted octanol–water partition coefficient (Wildman–Crippen LogP) is 4.02. The molecule has 0 bridgehead atoms. The number of carbonyl (C=O) groups excluding carboxylic acids is 2. The van der Waals surface area contributed by atoms with Gasteiger partial charge in [0.1, 0.15) is 6.04 Å². The van der Waals surface area contributed by atoms with E-state index in [1.165, 1.54) is 23.9 Å². The van der Waals surface area contributed by atoms with Crippen LogP contribution in [-0.2, 0) is 21.9 Å². The third-order valence-corrected chi connectivity index (χ3v) is 5.68. The van der Waals surface area contributed by atoms with Crippen LogP contribution in [-0.4, -0.2) is 40.0 Å². The van der Waals surface area contributed by atoms with Crippen LogP contribution in [0.25, 0.3) is 0 Å². The van der Waals surface area contributed by atoms with Crippen LogP contribution < -0.4 is 5.32 Å². The number of benzene rings is 2. The number of hydrogen-bond acceptors (Lipinski definition) is 5. The number of hydrogen-bond donors (Lipinski definition) is 1. The molecule has 0 saturated heterocycles. The number of nitrogens with one attached hydrogen (secondary N) is 1. The third-order valence-electron chi connectivity index (χ3n) is 4.69. The number of amides is 2. The molecule has 31 heavy (non-hydrogen) atoms. The molecule has 0 aliphatic carbocycles. The molecule has 0 spiro atoms. The predicted molar refractivity (Wildman–Crippen MR) is 124 cm³/mol. The SMILES string of the molecule is CC(C)CNC(=O)C(C)N(Cc1ccccc1)C(=O)CSCc1ccc([N+](=O)[O-])cc1. The minimum atomic E-state index is -0.591. The molecule has 2 amide bonds. The maximum Gasteiger partial charge on any atom is 0.269 e. The Morgan fingerprint density at radius 1 is 1.03 bits per heavy atom. The highest BCUT2D eigenvalue weighted by molar-refractivity contribution is 7.99. The van der Waals surface area contributed by atoms with Gasteiger partial charge < -0.3 is 10.2 Å². The van der Waals surface area contributed by atoms with Crippen molar-refractivity contribution >= 4 is 29.3 Å². The number of rotatable bonds is 11. The molecule has 0 radical (unpaired) electrons. The van der Waals surface area contributed by atoms with E-state index in [-0.39, 0.29) is 23.3 Å². The summed E-state index contributed by atoms with van der Waals surface area (Å²) in [6, 6.07) is 15.3. The molecule has 7 nitrogen and oxygen atoms in total. The molecule has 8 heteroatoms. The summed E-state index contributed by atoms with van der Waals surface area (Å²) in [7, 11) is 0. The highest BCUT2D eigenvalue weighted by atomic mass is 32.2. The van der Waals surface area contributed by atoms with Crippen molar-refractivity contribution in [3.05, 3.63) is 75.8 Å². The molecule has 0 aromatic heterocycles. The largest absolute Gasteiger partial charge is 0.354 e. The van der Waals surface area contributed by atoms with Gasteiger partial charge >= 0.3 is 0 Å². The number of nitro groups is 1. The average Bonchev–Trinajstić information content (AvgIpc) is 2.76. The van der Waals surface area contributed by atoms with Crippen LogP contribution in [0.4, 0.5) is 5.69 Å². The zero-order valence-electron chi connectivity index (χ0n) is 18.1. The average molecular weight is 444 g/mol. The Balaban J connectivity index is 2.01. The highest BCUT2D eigenvalue weighted by Gasteiger charge is 2.26. The number of nitro benzene ring substituents is 1. The molecule has 1 atom stereocenters. The van der Waals surface area contributed by atoms with Gasteiger partial charge in [0.2, 0.25) is 11.8 Å². The second kappa shape index (κ2) is 12.1. The van der Waals surface area contributed by atoms with Gasteiger partial charge in [-0.1, -0.05) is 56.3 Å². The standard InChI is InChI=1S/C23H29N3O4S/c1-17(2)13-24-23(28)18(3)25(14-19-7-5-4-6-8-19)22(27)16-31-15-20-9-11-21(12-10-20)26(29)30/h4-12,17-18H,13-16H2,1-3H3,(H,24,28). The molecular formula is C23H29N3O4S. The van der Waals surface area contributed by atoms with Gasteiger partial charge in [-0.05, 0) is 24.0 Å². The maximum absolute atomic E-state index is 13.0. The van der Waals surface area contributed by atoms with Gasteiger partial charge in [-0.2, -0.15) is 0 Å². The van der Waals surface area contributed by atoms with E-state index >= 15 is 0 Å². The van der Waals surface area contributed by atoms with E-state index in [0.29, 0.717) is 24.8 Å². The Kier molecular flexibility index (Phi) is 9.52. The van der Waals surface area contributed by atoms with E-state index in [1.54, 1.807) is 24.0 Å². The van der Waals surface area contributed by atoms with Crippen molar-refractivity contribution in [2.75, 3.05) is 12.3 Å². The molecule has 0 aliphatic heterocycles. The van der Waals surface area contributed by atoms with Crippen LogP contribution >= 0.6 is 11.8 Å². The van der Waals surface area contributed by atoms with E-state index in [1.807, 2.05) is 44.2 Å². The van der Waals surface area contributed by atoms with Gasteiger partial charge in [0, 0.05) is 31.0 Å². The fourth-order valence-electron chi connectivity index (χ4n) is 2.87.